The Morgan fingerprint density at radius 3 is 2.87 bits per heavy atom. The van der Waals surface area contributed by atoms with Crippen molar-refractivity contribution in [2.75, 3.05) is 6.54 Å². The van der Waals surface area contributed by atoms with Crippen LogP contribution in [0.3, 0.4) is 0 Å². The smallest absolute Gasteiger partial charge is 0.121 e. The van der Waals surface area contributed by atoms with E-state index in [2.05, 4.69) is 37.1 Å². The quantitative estimate of drug-likeness (QED) is 0.796. The van der Waals surface area contributed by atoms with Crippen LogP contribution >= 0.6 is 0 Å². The molecule has 3 nitrogen and oxygen atoms in total. The molecule has 15 heavy (non-hydrogen) atoms. The van der Waals surface area contributed by atoms with Crippen LogP contribution in [0.1, 0.15) is 23.1 Å². The molecule has 0 amide bonds. The average Bonchev–Trinajstić information content (AvgIpc) is 2.58. The van der Waals surface area contributed by atoms with Crippen molar-refractivity contribution >= 4 is 5.84 Å². The maximum atomic E-state index is 5.66. The van der Waals surface area contributed by atoms with E-state index < -0.39 is 0 Å². The number of aryl methyl sites for hydroxylation is 2. The molecule has 2 N–H and O–H groups in total. The molecule has 1 aromatic rings. The van der Waals surface area contributed by atoms with Crippen LogP contribution in [0.5, 0.6) is 0 Å². The van der Waals surface area contributed by atoms with Gasteiger partial charge in [-0.1, -0.05) is 23.8 Å². The Hall–Kier alpha value is -1.51. The van der Waals surface area contributed by atoms with Gasteiger partial charge in [-0.2, -0.15) is 5.10 Å². The topological polar surface area (TPSA) is 41.6 Å². The molecule has 3 heteroatoms. The van der Waals surface area contributed by atoms with Gasteiger partial charge in [0, 0.05) is 13.0 Å². The van der Waals surface area contributed by atoms with E-state index in [-0.39, 0.29) is 0 Å². The minimum Gasteiger partial charge on any atom is -0.386 e. The van der Waals surface area contributed by atoms with E-state index in [1.54, 1.807) is 0 Å². The van der Waals surface area contributed by atoms with E-state index in [9.17, 15) is 0 Å². The minimum absolute atomic E-state index is 0.750. The van der Waals surface area contributed by atoms with Crippen LogP contribution in [-0.4, -0.2) is 17.4 Å². The van der Waals surface area contributed by atoms with Crippen molar-refractivity contribution in [2.24, 2.45) is 10.8 Å². The fraction of sp³-hybridized carbons (Fsp3) is 0.417. The van der Waals surface area contributed by atoms with E-state index in [1.165, 1.54) is 16.7 Å². The molecule has 0 saturated carbocycles. The second-order valence-electron chi connectivity index (χ2n) is 4.16. The molecule has 0 fully saturated rings. The third-order valence-electron chi connectivity index (χ3n) is 2.75. The summed E-state index contributed by atoms with van der Waals surface area (Å²) in [6.07, 6.45) is 0.894. The predicted octanol–water partition coefficient (Wildman–Crippen LogP) is 1.78. The normalized spacial score (nSPS) is 15.6. The van der Waals surface area contributed by atoms with Gasteiger partial charge in [-0.3, -0.25) is 5.01 Å². The monoisotopic (exact) mass is 203 g/mol. The maximum Gasteiger partial charge on any atom is 0.121 e. The Balaban J connectivity index is 2.14. The van der Waals surface area contributed by atoms with E-state index in [0.29, 0.717) is 0 Å². The summed E-state index contributed by atoms with van der Waals surface area (Å²) in [7, 11) is 0. The lowest BCUT2D eigenvalue weighted by Gasteiger charge is -2.15. The lowest BCUT2D eigenvalue weighted by Crippen LogP contribution is -2.14. The summed E-state index contributed by atoms with van der Waals surface area (Å²) in [6, 6.07) is 6.52. The van der Waals surface area contributed by atoms with Crippen LogP contribution in [0.4, 0.5) is 0 Å². The lowest BCUT2D eigenvalue weighted by atomic mass is 10.1. The van der Waals surface area contributed by atoms with Crippen molar-refractivity contribution in [3.05, 3.63) is 34.9 Å². The SMILES string of the molecule is Cc1ccc(C)c(CN2CCC(N)=N2)c1. The summed E-state index contributed by atoms with van der Waals surface area (Å²) in [5.41, 5.74) is 9.61. The summed E-state index contributed by atoms with van der Waals surface area (Å²) in [5.74, 6) is 0.750. The Labute approximate surface area is 90.6 Å². The zero-order chi connectivity index (χ0) is 10.8. The number of hydrazone groups is 1. The fourth-order valence-electron chi connectivity index (χ4n) is 1.81. The highest BCUT2D eigenvalue weighted by Gasteiger charge is 2.12. The predicted molar refractivity (Wildman–Crippen MR) is 62.6 cm³/mol. The van der Waals surface area contributed by atoms with Crippen LogP contribution in [0.25, 0.3) is 0 Å². The van der Waals surface area contributed by atoms with Crippen molar-refractivity contribution in [1.82, 2.24) is 5.01 Å². The molecule has 1 aliphatic heterocycles. The van der Waals surface area contributed by atoms with Crippen molar-refractivity contribution in [2.45, 2.75) is 26.8 Å². The van der Waals surface area contributed by atoms with Gasteiger partial charge in [0.2, 0.25) is 0 Å². The number of nitrogens with two attached hydrogens (primary N) is 1. The molecule has 0 radical (unpaired) electrons. The molecule has 0 unspecified atom stereocenters. The zero-order valence-corrected chi connectivity index (χ0v) is 9.33. The standard InChI is InChI=1S/C12H17N3/c1-9-3-4-10(2)11(7-9)8-15-6-5-12(13)14-15/h3-4,7H,5-6,8H2,1-2H3,(H2,13,14). The van der Waals surface area contributed by atoms with Crippen LogP contribution in [-0.2, 0) is 6.54 Å². The first-order chi connectivity index (χ1) is 7.15. The molecule has 0 saturated heterocycles. The summed E-state index contributed by atoms with van der Waals surface area (Å²) >= 11 is 0. The Morgan fingerprint density at radius 2 is 2.20 bits per heavy atom. The van der Waals surface area contributed by atoms with Gasteiger partial charge in [0.15, 0.2) is 0 Å². The zero-order valence-electron chi connectivity index (χ0n) is 9.33. The molecule has 1 aliphatic rings. The second-order valence-corrected chi connectivity index (χ2v) is 4.16. The Morgan fingerprint density at radius 1 is 1.40 bits per heavy atom. The van der Waals surface area contributed by atoms with Crippen molar-refractivity contribution in [3.63, 3.8) is 0 Å². The first kappa shape index (κ1) is 10.0. The largest absolute Gasteiger partial charge is 0.386 e. The maximum absolute atomic E-state index is 5.66. The fourth-order valence-corrected chi connectivity index (χ4v) is 1.81. The number of rotatable bonds is 2. The summed E-state index contributed by atoms with van der Waals surface area (Å²) in [5, 5.41) is 6.32. The minimum atomic E-state index is 0.750. The van der Waals surface area contributed by atoms with E-state index in [0.717, 1.165) is 25.3 Å². The summed E-state index contributed by atoms with van der Waals surface area (Å²) in [6.45, 7) is 6.07. The molecular formula is C12H17N3. The van der Waals surface area contributed by atoms with Crippen LogP contribution in [0, 0.1) is 13.8 Å². The highest BCUT2D eigenvalue weighted by atomic mass is 15.5. The molecule has 2 rings (SSSR count). The molecule has 0 atom stereocenters. The van der Waals surface area contributed by atoms with E-state index in [1.807, 2.05) is 5.01 Å². The molecule has 0 aromatic heterocycles. The van der Waals surface area contributed by atoms with Gasteiger partial charge in [-0.05, 0) is 25.0 Å². The molecular weight excluding hydrogens is 186 g/mol. The van der Waals surface area contributed by atoms with Crippen molar-refractivity contribution in [3.8, 4) is 0 Å². The Kier molecular flexibility index (Phi) is 2.62. The number of hydrogen-bond donors (Lipinski definition) is 1. The van der Waals surface area contributed by atoms with Gasteiger partial charge in [0.1, 0.15) is 5.84 Å². The van der Waals surface area contributed by atoms with Gasteiger partial charge >= 0.3 is 0 Å². The first-order valence-electron chi connectivity index (χ1n) is 5.29. The van der Waals surface area contributed by atoms with Gasteiger partial charge in [-0.25, -0.2) is 0 Å². The van der Waals surface area contributed by atoms with Crippen molar-refractivity contribution < 1.29 is 0 Å². The summed E-state index contributed by atoms with van der Waals surface area (Å²) < 4.78 is 0. The van der Waals surface area contributed by atoms with E-state index >= 15 is 0 Å². The number of hydrogen-bond acceptors (Lipinski definition) is 3. The van der Waals surface area contributed by atoms with Crippen LogP contribution < -0.4 is 5.73 Å². The summed E-state index contributed by atoms with van der Waals surface area (Å²) in [4.78, 5) is 0. The van der Waals surface area contributed by atoms with Crippen molar-refractivity contribution in [1.29, 1.82) is 0 Å². The molecule has 1 aromatic carbocycles. The highest BCUT2D eigenvalue weighted by Crippen LogP contribution is 2.15. The molecule has 0 spiro atoms. The van der Waals surface area contributed by atoms with Gasteiger partial charge in [0.25, 0.3) is 0 Å². The van der Waals surface area contributed by atoms with Gasteiger partial charge in [-0.15, -0.1) is 0 Å². The van der Waals surface area contributed by atoms with Crippen LogP contribution in [0.2, 0.25) is 0 Å². The molecule has 80 valence electrons. The third-order valence-corrected chi connectivity index (χ3v) is 2.75. The first-order valence-corrected chi connectivity index (χ1v) is 5.29. The number of nitrogens with zero attached hydrogens (tertiary/aromatic N) is 2. The second kappa shape index (κ2) is 3.93. The molecule has 0 aliphatic carbocycles. The van der Waals surface area contributed by atoms with Gasteiger partial charge < -0.3 is 5.73 Å². The molecule has 0 bridgehead atoms. The Bertz CT molecular complexity index is 396. The van der Waals surface area contributed by atoms with E-state index in [4.69, 9.17) is 5.73 Å². The van der Waals surface area contributed by atoms with Crippen LogP contribution in [0.15, 0.2) is 23.3 Å². The average molecular weight is 203 g/mol. The third kappa shape index (κ3) is 2.29. The highest BCUT2D eigenvalue weighted by molar-refractivity contribution is 5.81. The number of benzene rings is 1. The molecule has 1 heterocycles. The lowest BCUT2D eigenvalue weighted by molar-refractivity contribution is 0.309. The van der Waals surface area contributed by atoms with Gasteiger partial charge in [0.05, 0.1) is 6.54 Å². The number of amidine groups is 1.